The molecule has 0 spiro atoms. The number of ether oxygens (including phenoxy) is 1. The van der Waals surface area contributed by atoms with Crippen LogP contribution in [0.1, 0.15) is 46.5 Å². The molecule has 2 aliphatic rings. The molecule has 1 atom stereocenters. The average molecular weight is 435 g/mol. The Balaban J connectivity index is 0.00000264. The van der Waals surface area contributed by atoms with Gasteiger partial charge in [-0.15, -0.1) is 24.0 Å². The number of halogens is 1. The van der Waals surface area contributed by atoms with Crippen LogP contribution in [-0.4, -0.2) is 50.3 Å². The monoisotopic (exact) mass is 435 g/mol. The molecule has 0 amide bonds. The number of rotatable bonds is 6. The fourth-order valence-corrected chi connectivity index (χ4v) is 3.41. The van der Waals surface area contributed by atoms with Gasteiger partial charge in [0.25, 0.3) is 0 Å². The standard InChI is InChI=1S/C18H33N3O.HI/c1-4-19-18(20-9-5-16-7-11-22-12-8-16)21-10-6-17(14-21)13-15(2)3;/h7,15,17H,4-6,8-14H2,1-3H3,(H,19,20);1H. The first-order valence-corrected chi connectivity index (χ1v) is 8.98. The number of nitrogens with zero attached hydrogens (tertiary/aromatic N) is 2. The number of aliphatic imine (C=N–C) groups is 1. The zero-order valence-corrected chi connectivity index (χ0v) is 17.3. The van der Waals surface area contributed by atoms with E-state index in [1.165, 1.54) is 25.0 Å². The molecule has 4 nitrogen and oxygen atoms in total. The molecule has 2 aliphatic heterocycles. The summed E-state index contributed by atoms with van der Waals surface area (Å²) in [4.78, 5) is 7.31. The van der Waals surface area contributed by atoms with E-state index < -0.39 is 0 Å². The molecule has 5 heteroatoms. The Kier molecular flexibility index (Phi) is 10.2. The van der Waals surface area contributed by atoms with E-state index in [4.69, 9.17) is 9.73 Å². The van der Waals surface area contributed by atoms with E-state index in [1.54, 1.807) is 0 Å². The van der Waals surface area contributed by atoms with Crippen molar-refractivity contribution in [1.82, 2.24) is 10.2 Å². The van der Waals surface area contributed by atoms with E-state index in [0.717, 1.165) is 63.5 Å². The van der Waals surface area contributed by atoms with Crippen LogP contribution >= 0.6 is 24.0 Å². The Morgan fingerprint density at radius 2 is 2.30 bits per heavy atom. The lowest BCUT2D eigenvalue weighted by Gasteiger charge is -2.22. The summed E-state index contributed by atoms with van der Waals surface area (Å²) in [7, 11) is 0. The number of guanidine groups is 1. The van der Waals surface area contributed by atoms with Gasteiger partial charge in [0.05, 0.1) is 13.2 Å². The zero-order chi connectivity index (χ0) is 15.8. The number of likely N-dealkylation sites (tertiary alicyclic amines) is 1. The van der Waals surface area contributed by atoms with Gasteiger partial charge in [-0.3, -0.25) is 4.99 Å². The second-order valence-corrected chi connectivity index (χ2v) is 6.90. The van der Waals surface area contributed by atoms with Crippen LogP contribution in [0.3, 0.4) is 0 Å². The topological polar surface area (TPSA) is 36.9 Å². The van der Waals surface area contributed by atoms with E-state index in [0.29, 0.717) is 0 Å². The third-order valence-corrected chi connectivity index (χ3v) is 4.48. The molecule has 2 heterocycles. The van der Waals surface area contributed by atoms with E-state index in [-0.39, 0.29) is 24.0 Å². The Labute approximate surface area is 159 Å². The van der Waals surface area contributed by atoms with Crippen molar-refractivity contribution in [1.29, 1.82) is 0 Å². The van der Waals surface area contributed by atoms with Crippen LogP contribution in [0.25, 0.3) is 0 Å². The minimum absolute atomic E-state index is 0. The van der Waals surface area contributed by atoms with Crippen LogP contribution < -0.4 is 5.32 Å². The van der Waals surface area contributed by atoms with Crippen LogP contribution in [0.2, 0.25) is 0 Å². The van der Waals surface area contributed by atoms with Gasteiger partial charge >= 0.3 is 0 Å². The van der Waals surface area contributed by atoms with Crippen LogP contribution in [0.4, 0.5) is 0 Å². The summed E-state index contributed by atoms with van der Waals surface area (Å²) in [5.74, 6) is 2.74. The molecular formula is C18H34IN3O. The molecule has 0 bridgehead atoms. The van der Waals surface area contributed by atoms with Crippen molar-refractivity contribution in [2.45, 2.75) is 46.5 Å². The van der Waals surface area contributed by atoms with Crippen molar-refractivity contribution < 1.29 is 4.74 Å². The third-order valence-electron chi connectivity index (χ3n) is 4.48. The first-order valence-electron chi connectivity index (χ1n) is 8.98. The minimum atomic E-state index is 0. The highest BCUT2D eigenvalue weighted by Crippen LogP contribution is 2.23. The Hall–Kier alpha value is -0.300. The minimum Gasteiger partial charge on any atom is -0.377 e. The molecule has 0 aromatic heterocycles. The highest BCUT2D eigenvalue weighted by molar-refractivity contribution is 14.0. The van der Waals surface area contributed by atoms with Gasteiger partial charge < -0.3 is 15.0 Å². The maximum absolute atomic E-state index is 5.36. The van der Waals surface area contributed by atoms with Crippen molar-refractivity contribution >= 4 is 29.9 Å². The van der Waals surface area contributed by atoms with E-state index in [1.807, 2.05) is 0 Å². The number of hydrogen-bond donors (Lipinski definition) is 1. The largest absolute Gasteiger partial charge is 0.377 e. The Morgan fingerprint density at radius 1 is 1.48 bits per heavy atom. The SMILES string of the molecule is CCNC(=NCCC1=CCOCC1)N1CCC(CC(C)C)C1.I. The molecule has 23 heavy (non-hydrogen) atoms. The molecule has 0 aliphatic carbocycles. The van der Waals surface area contributed by atoms with Gasteiger partial charge in [-0.05, 0) is 44.4 Å². The predicted octanol–water partition coefficient (Wildman–Crippen LogP) is 3.67. The van der Waals surface area contributed by atoms with Crippen molar-refractivity contribution in [3.8, 4) is 0 Å². The van der Waals surface area contributed by atoms with Gasteiger partial charge in [-0.25, -0.2) is 0 Å². The molecule has 2 rings (SSSR count). The molecular weight excluding hydrogens is 401 g/mol. The van der Waals surface area contributed by atoms with Crippen molar-refractivity contribution in [2.24, 2.45) is 16.8 Å². The fraction of sp³-hybridized carbons (Fsp3) is 0.833. The van der Waals surface area contributed by atoms with Crippen LogP contribution in [-0.2, 0) is 4.74 Å². The van der Waals surface area contributed by atoms with Crippen molar-refractivity contribution in [3.63, 3.8) is 0 Å². The molecule has 1 saturated heterocycles. The number of nitrogens with one attached hydrogen (secondary N) is 1. The summed E-state index contributed by atoms with van der Waals surface area (Å²) in [6.07, 6.45) is 7.02. The van der Waals surface area contributed by atoms with E-state index >= 15 is 0 Å². The zero-order valence-electron chi connectivity index (χ0n) is 15.0. The summed E-state index contributed by atoms with van der Waals surface area (Å²) in [5.41, 5.74) is 1.50. The van der Waals surface area contributed by atoms with Gasteiger partial charge in [-0.1, -0.05) is 25.5 Å². The molecule has 0 saturated carbocycles. The molecule has 0 aromatic rings. The fourth-order valence-electron chi connectivity index (χ4n) is 3.41. The summed E-state index contributed by atoms with van der Waals surface area (Å²) < 4.78 is 5.36. The van der Waals surface area contributed by atoms with Gasteiger partial charge in [0.1, 0.15) is 0 Å². The lowest BCUT2D eigenvalue weighted by atomic mass is 9.97. The quantitative estimate of drug-likeness (QED) is 0.299. The van der Waals surface area contributed by atoms with Gasteiger partial charge in [0.2, 0.25) is 0 Å². The summed E-state index contributed by atoms with van der Waals surface area (Å²) in [6.45, 7) is 12.6. The van der Waals surface area contributed by atoms with E-state index in [9.17, 15) is 0 Å². The highest BCUT2D eigenvalue weighted by atomic mass is 127. The first kappa shape index (κ1) is 20.7. The lowest BCUT2D eigenvalue weighted by molar-refractivity contribution is 0.153. The van der Waals surface area contributed by atoms with Crippen molar-refractivity contribution in [2.75, 3.05) is 39.4 Å². The van der Waals surface area contributed by atoms with Crippen LogP contribution in [0, 0.1) is 11.8 Å². The van der Waals surface area contributed by atoms with Gasteiger partial charge in [0, 0.05) is 26.2 Å². The van der Waals surface area contributed by atoms with Gasteiger partial charge in [-0.2, -0.15) is 0 Å². The lowest BCUT2D eigenvalue weighted by Crippen LogP contribution is -2.40. The Bertz CT molecular complexity index is 396. The molecule has 0 aromatic carbocycles. The summed E-state index contributed by atoms with van der Waals surface area (Å²) >= 11 is 0. The molecule has 1 N–H and O–H groups in total. The summed E-state index contributed by atoms with van der Waals surface area (Å²) in [5, 5.41) is 3.47. The number of hydrogen-bond acceptors (Lipinski definition) is 2. The Morgan fingerprint density at radius 3 is 2.96 bits per heavy atom. The average Bonchev–Trinajstić information content (AvgIpc) is 2.95. The van der Waals surface area contributed by atoms with E-state index in [2.05, 4.69) is 37.1 Å². The molecule has 134 valence electrons. The van der Waals surface area contributed by atoms with Crippen molar-refractivity contribution in [3.05, 3.63) is 11.6 Å². The van der Waals surface area contributed by atoms with Crippen LogP contribution in [0.5, 0.6) is 0 Å². The smallest absolute Gasteiger partial charge is 0.193 e. The maximum Gasteiger partial charge on any atom is 0.193 e. The highest BCUT2D eigenvalue weighted by Gasteiger charge is 2.25. The second-order valence-electron chi connectivity index (χ2n) is 6.90. The molecule has 0 radical (unpaired) electrons. The first-order chi connectivity index (χ1) is 10.7. The normalized spacial score (nSPS) is 22.1. The molecule has 1 fully saturated rings. The summed E-state index contributed by atoms with van der Waals surface area (Å²) in [6, 6.07) is 0. The predicted molar refractivity (Wildman–Crippen MR) is 109 cm³/mol. The second kappa shape index (κ2) is 11.3. The molecule has 1 unspecified atom stereocenters. The third kappa shape index (κ3) is 7.42. The maximum atomic E-state index is 5.36. The van der Waals surface area contributed by atoms with Gasteiger partial charge in [0.15, 0.2) is 5.96 Å². The van der Waals surface area contributed by atoms with Crippen LogP contribution in [0.15, 0.2) is 16.6 Å².